The molecule has 0 saturated heterocycles. The Bertz CT molecular complexity index is 1350. The minimum Gasteiger partial charge on any atom is -0.618 e. The highest BCUT2D eigenvalue weighted by atomic mass is 16.7. The predicted molar refractivity (Wildman–Crippen MR) is 109 cm³/mol. The third-order valence-corrected chi connectivity index (χ3v) is 4.77. The summed E-state index contributed by atoms with van der Waals surface area (Å²) in [5.74, 6) is 0.203. The van der Waals surface area contributed by atoms with Gasteiger partial charge in [0, 0.05) is 11.5 Å². The van der Waals surface area contributed by atoms with Crippen molar-refractivity contribution in [3.63, 3.8) is 0 Å². The van der Waals surface area contributed by atoms with Gasteiger partial charge < -0.3 is 14.5 Å². The van der Waals surface area contributed by atoms with E-state index < -0.39 is 5.56 Å². The molecule has 0 radical (unpaired) electrons. The van der Waals surface area contributed by atoms with Crippen LogP contribution in [0.5, 0.6) is 0 Å². The van der Waals surface area contributed by atoms with Crippen LogP contribution in [0.3, 0.4) is 0 Å². The summed E-state index contributed by atoms with van der Waals surface area (Å²) >= 11 is 0. The van der Waals surface area contributed by atoms with Crippen LogP contribution in [0.25, 0.3) is 33.5 Å². The van der Waals surface area contributed by atoms with E-state index >= 15 is 0 Å². The van der Waals surface area contributed by atoms with E-state index in [9.17, 15) is 10.0 Å². The van der Waals surface area contributed by atoms with Crippen LogP contribution in [0, 0.1) is 5.21 Å². The SMILES string of the molecule is O=c1c(-c2cc3ccccc3o2)[n+]([O-])c2ccccc2n1OCc1ccccc1. The molecule has 0 atom stereocenters. The van der Waals surface area contributed by atoms with E-state index in [4.69, 9.17) is 9.25 Å². The minimum absolute atomic E-state index is 0.118. The number of benzene rings is 3. The summed E-state index contributed by atoms with van der Waals surface area (Å²) in [6.07, 6.45) is 0. The molecule has 0 saturated carbocycles. The highest BCUT2D eigenvalue weighted by Crippen LogP contribution is 2.25. The molecule has 0 unspecified atom stereocenters. The third kappa shape index (κ3) is 2.91. The second kappa shape index (κ2) is 6.83. The van der Waals surface area contributed by atoms with E-state index in [2.05, 4.69) is 0 Å². The van der Waals surface area contributed by atoms with E-state index in [1.165, 1.54) is 4.73 Å². The molecule has 2 aromatic heterocycles. The Morgan fingerprint density at radius 3 is 2.48 bits per heavy atom. The molecule has 0 aliphatic carbocycles. The van der Waals surface area contributed by atoms with Gasteiger partial charge in [-0.15, -0.1) is 4.73 Å². The quantitative estimate of drug-likeness (QED) is 0.350. The van der Waals surface area contributed by atoms with Gasteiger partial charge in [0.25, 0.3) is 0 Å². The van der Waals surface area contributed by atoms with Crippen molar-refractivity contribution in [1.82, 2.24) is 4.73 Å². The molecule has 0 amide bonds. The van der Waals surface area contributed by atoms with Crippen LogP contribution in [0.2, 0.25) is 0 Å². The monoisotopic (exact) mass is 384 g/mol. The van der Waals surface area contributed by atoms with Crippen molar-refractivity contribution in [3.8, 4) is 11.5 Å². The van der Waals surface area contributed by atoms with Crippen LogP contribution in [-0.2, 0) is 6.61 Å². The molecule has 5 rings (SSSR count). The van der Waals surface area contributed by atoms with Crippen molar-refractivity contribution >= 4 is 22.0 Å². The summed E-state index contributed by atoms with van der Waals surface area (Å²) in [6, 6.07) is 25.4. The molecule has 142 valence electrons. The lowest BCUT2D eigenvalue weighted by atomic mass is 10.2. The number of nitrogens with zero attached hydrogens (tertiary/aromatic N) is 2. The normalized spacial score (nSPS) is 11.2. The molecule has 2 heterocycles. The van der Waals surface area contributed by atoms with Crippen molar-refractivity contribution in [2.45, 2.75) is 6.61 Å². The Balaban J connectivity index is 1.71. The fraction of sp³-hybridized carbons (Fsp3) is 0.0435. The fourth-order valence-electron chi connectivity index (χ4n) is 3.37. The molecule has 0 aliphatic heterocycles. The smallest absolute Gasteiger partial charge is 0.361 e. The molecule has 3 aromatic carbocycles. The van der Waals surface area contributed by atoms with Crippen LogP contribution < -0.4 is 15.1 Å². The first-order valence-electron chi connectivity index (χ1n) is 9.16. The van der Waals surface area contributed by atoms with Crippen LogP contribution in [0.15, 0.2) is 94.1 Å². The Morgan fingerprint density at radius 1 is 0.931 bits per heavy atom. The molecule has 29 heavy (non-hydrogen) atoms. The lowest BCUT2D eigenvalue weighted by Crippen LogP contribution is -2.42. The Morgan fingerprint density at radius 2 is 1.66 bits per heavy atom. The third-order valence-electron chi connectivity index (χ3n) is 4.77. The topological polar surface area (TPSA) is 71.3 Å². The maximum atomic E-state index is 13.3. The molecule has 5 aromatic rings. The molecular weight excluding hydrogens is 368 g/mol. The van der Waals surface area contributed by atoms with E-state index in [0.717, 1.165) is 10.9 Å². The van der Waals surface area contributed by atoms with Crippen LogP contribution in [0.1, 0.15) is 5.56 Å². The number of rotatable bonds is 4. The van der Waals surface area contributed by atoms with Gasteiger partial charge in [-0.1, -0.05) is 60.7 Å². The zero-order valence-corrected chi connectivity index (χ0v) is 15.3. The molecule has 0 bridgehead atoms. The second-order valence-corrected chi connectivity index (χ2v) is 6.64. The number of hydrogen-bond acceptors (Lipinski definition) is 4. The summed E-state index contributed by atoms with van der Waals surface area (Å²) < 4.78 is 7.57. The van der Waals surface area contributed by atoms with Gasteiger partial charge in [0.2, 0.25) is 11.3 Å². The molecule has 0 aliphatic rings. The summed E-state index contributed by atoms with van der Waals surface area (Å²) in [4.78, 5) is 19.1. The number of fused-ring (bicyclic) bond motifs is 2. The number of aromatic nitrogens is 2. The minimum atomic E-state index is -0.575. The van der Waals surface area contributed by atoms with Crippen molar-refractivity contribution in [1.29, 1.82) is 0 Å². The van der Waals surface area contributed by atoms with Crippen LogP contribution in [-0.4, -0.2) is 4.73 Å². The summed E-state index contributed by atoms with van der Waals surface area (Å²) in [7, 11) is 0. The van der Waals surface area contributed by atoms with Gasteiger partial charge in [0.15, 0.2) is 5.52 Å². The number of para-hydroxylation sites is 3. The predicted octanol–water partition coefficient (Wildman–Crippen LogP) is 3.68. The van der Waals surface area contributed by atoms with E-state index in [1.54, 1.807) is 36.4 Å². The zero-order valence-electron chi connectivity index (χ0n) is 15.3. The van der Waals surface area contributed by atoms with Crippen molar-refractivity contribution in [2.75, 3.05) is 0 Å². The van der Waals surface area contributed by atoms with Crippen molar-refractivity contribution in [2.24, 2.45) is 0 Å². The van der Waals surface area contributed by atoms with Gasteiger partial charge in [-0.05, 0) is 23.8 Å². The van der Waals surface area contributed by atoms with Gasteiger partial charge in [-0.2, -0.15) is 4.73 Å². The van der Waals surface area contributed by atoms with Gasteiger partial charge in [-0.3, -0.25) is 4.79 Å². The lowest BCUT2D eigenvalue weighted by Gasteiger charge is -2.13. The largest absolute Gasteiger partial charge is 0.618 e. The van der Waals surface area contributed by atoms with Crippen molar-refractivity contribution in [3.05, 3.63) is 106 Å². The first kappa shape index (κ1) is 17.1. The van der Waals surface area contributed by atoms with Crippen LogP contribution in [0.4, 0.5) is 0 Å². The Hall–Kier alpha value is -4.06. The van der Waals surface area contributed by atoms with Gasteiger partial charge >= 0.3 is 11.3 Å². The second-order valence-electron chi connectivity index (χ2n) is 6.64. The lowest BCUT2D eigenvalue weighted by molar-refractivity contribution is -0.567. The van der Waals surface area contributed by atoms with Gasteiger partial charge in [0.1, 0.15) is 12.2 Å². The standard InChI is InChI=1S/C23H16N2O4/c26-23-22(21-14-17-10-4-7-13-20(17)29-21)24(27)18-11-5-6-12-19(18)25(23)28-15-16-8-2-1-3-9-16/h1-14H,15H2. The first-order valence-corrected chi connectivity index (χ1v) is 9.16. The molecule has 6 heteroatoms. The molecule has 0 fully saturated rings. The first-order chi connectivity index (χ1) is 14.2. The Kier molecular flexibility index (Phi) is 4.02. The maximum absolute atomic E-state index is 13.3. The highest BCUT2D eigenvalue weighted by molar-refractivity contribution is 5.82. The highest BCUT2D eigenvalue weighted by Gasteiger charge is 2.26. The van der Waals surface area contributed by atoms with Gasteiger partial charge in [-0.25, -0.2) is 0 Å². The molecule has 0 N–H and O–H groups in total. The zero-order chi connectivity index (χ0) is 19.8. The molecule has 6 nitrogen and oxygen atoms in total. The molecular formula is C23H16N2O4. The van der Waals surface area contributed by atoms with E-state index in [-0.39, 0.29) is 18.1 Å². The number of hydrogen-bond donors (Lipinski definition) is 0. The summed E-state index contributed by atoms with van der Waals surface area (Å²) in [5.41, 5.74) is 1.53. The Labute approximate surface area is 165 Å². The van der Waals surface area contributed by atoms with Gasteiger partial charge in [0.05, 0.1) is 0 Å². The average Bonchev–Trinajstić information content (AvgIpc) is 3.18. The fourth-order valence-corrected chi connectivity index (χ4v) is 3.37. The summed E-state index contributed by atoms with van der Waals surface area (Å²) in [5, 5.41) is 13.9. The maximum Gasteiger partial charge on any atom is 0.361 e. The molecule has 0 spiro atoms. The van der Waals surface area contributed by atoms with Crippen molar-refractivity contribution < 1.29 is 14.0 Å². The summed E-state index contributed by atoms with van der Waals surface area (Å²) in [6.45, 7) is 0.188. The number of furan rings is 1. The van der Waals surface area contributed by atoms with Crippen LogP contribution >= 0.6 is 0 Å². The van der Waals surface area contributed by atoms with E-state index in [1.807, 2.05) is 48.5 Å². The average molecular weight is 384 g/mol. The van der Waals surface area contributed by atoms with E-state index in [0.29, 0.717) is 21.3 Å².